The van der Waals surface area contributed by atoms with Crippen molar-refractivity contribution in [1.82, 2.24) is 5.32 Å². The SMILES string of the molecule is CCC1CC(NCC(C)(C)CCOC)CCO1. The van der Waals surface area contributed by atoms with Crippen LogP contribution >= 0.6 is 0 Å². The molecule has 1 N–H and O–H groups in total. The summed E-state index contributed by atoms with van der Waals surface area (Å²) in [6, 6.07) is 0.635. The van der Waals surface area contributed by atoms with Crippen LogP contribution in [-0.4, -0.2) is 39.0 Å². The molecular weight excluding hydrogens is 214 g/mol. The first-order chi connectivity index (χ1) is 8.07. The summed E-state index contributed by atoms with van der Waals surface area (Å²) < 4.78 is 10.9. The normalized spacial score (nSPS) is 26.1. The summed E-state index contributed by atoms with van der Waals surface area (Å²) in [6.45, 7) is 9.63. The van der Waals surface area contributed by atoms with Crippen molar-refractivity contribution >= 4 is 0 Å². The van der Waals surface area contributed by atoms with E-state index in [9.17, 15) is 0 Å². The maximum atomic E-state index is 5.69. The maximum Gasteiger partial charge on any atom is 0.0587 e. The third-order valence-electron chi connectivity index (χ3n) is 3.67. The Kier molecular flexibility index (Phi) is 6.45. The number of rotatable bonds is 7. The number of nitrogens with one attached hydrogen (secondary N) is 1. The molecule has 1 saturated heterocycles. The number of hydrogen-bond acceptors (Lipinski definition) is 3. The Hall–Kier alpha value is -0.120. The molecule has 1 fully saturated rings. The fraction of sp³-hybridized carbons (Fsp3) is 1.00. The lowest BCUT2D eigenvalue weighted by atomic mass is 9.89. The van der Waals surface area contributed by atoms with Gasteiger partial charge >= 0.3 is 0 Å². The van der Waals surface area contributed by atoms with Crippen molar-refractivity contribution in [3.8, 4) is 0 Å². The Labute approximate surface area is 106 Å². The van der Waals surface area contributed by atoms with Crippen LogP contribution in [0, 0.1) is 5.41 Å². The van der Waals surface area contributed by atoms with Gasteiger partial charge < -0.3 is 14.8 Å². The lowest BCUT2D eigenvalue weighted by molar-refractivity contribution is -0.00190. The van der Waals surface area contributed by atoms with Gasteiger partial charge in [0.25, 0.3) is 0 Å². The van der Waals surface area contributed by atoms with E-state index < -0.39 is 0 Å². The highest BCUT2D eigenvalue weighted by Gasteiger charge is 2.24. The standard InChI is InChI=1S/C14H29NO2/c1-5-13-10-12(6-8-17-13)15-11-14(2,3)7-9-16-4/h12-13,15H,5-11H2,1-4H3. The van der Waals surface area contributed by atoms with Gasteiger partial charge in [-0.05, 0) is 31.1 Å². The van der Waals surface area contributed by atoms with Crippen molar-refractivity contribution in [1.29, 1.82) is 0 Å². The quantitative estimate of drug-likeness (QED) is 0.745. The minimum absolute atomic E-state index is 0.316. The van der Waals surface area contributed by atoms with Gasteiger partial charge in [0.2, 0.25) is 0 Å². The van der Waals surface area contributed by atoms with Crippen LogP contribution in [-0.2, 0) is 9.47 Å². The van der Waals surface area contributed by atoms with Crippen molar-refractivity contribution in [2.24, 2.45) is 5.41 Å². The highest BCUT2D eigenvalue weighted by Crippen LogP contribution is 2.21. The van der Waals surface area contributed by atoms with Gasteiger partial charge in [-0.3, -0.25) is 0 Å². The Morgan fingerprint density at radius 3 is 2.82 bits per heavy atom. The van der Waals surface area contributed by atoms with E-state index in [1.807, 2.05) is 0 Å². The molecule has 1 aliphatic heterocycles. The highest BCUT2D eigenvalue weighted by molar-refractivity contribution is 4.80. The van der Waals surface area contributed by atoms with E-state index in [0.29, 0.717) is 17.6 Å². The average Bonchev–Trinajstić information content (AvgIpc) is 2.34. The Morgan fingerprint density at radius 2 is 2.18 bits per heavy atom. The summed E-state index contributed by atoms with van der Waals surface area (Å²) in [5.74, 6) is 0. The topological polar surface area (TPSA) is 30.5 Å². The zero-order valence-corrected chi connectivity index (χ0v) is 11.9. The second kappa shape index (κ2) is 7.34. The van der Waals surface area contributed by atoms with Gasteiger partial charge in [0.1, 0.15) is 0 Å². The molecule has 1 rings (SSSR count). The minimum atomic E-state index is 0.316. The average molecular weight is 243 g/mol. The Bertz CT molecular complexity index is 206. The molecule has 1 heterocycles. The second-order valence-corrected chi connectivity index (χ2v) is 5.91. The van der Waals surface area contributed by atoms with E-state index in [-0.39, 0.29) is 0 Å². The van der Waals surface area contributed by atoms with Gasteiger partial charge in [0, 0.05) is 32.9 Å². The molecule has 0 aromatic rings. The number of ether oxygens (including phenoxy) is 2. The van der Waals surface area contributed by atoms with Gasteiger partial charge in [-0.2, -0.15) is 0 Å². The first-order valence-electron chi connectivity index (χ1n) is 6.91. The summed E-state index contributed by atoms with van der Waals surface area (Å²) in [6.07, 6.45) is 5.01. The third-order valence-corrected chi connectivity index (χ3v) is 3.67. The Morgan fingerprint density at radius 1 is 1.41 bits per heavy atom. The first-order valence-corrected chi connectivity index (χ1v) is 6.91. The summed E-state index contributed by atoms with van der Waals surface area (Å²) in [4.78, 5) is 0. The predicted octanol–water partition coefficient (Wildman–Crippen LogP) is 2.60. The van der Waals surface area contributed by atoms with Crippen molar-refractivity contribution in [2.75, 3.05) is 26.9 Å². The molecule has 0 amide bonds. The molecule has 102 valence electrons. The van der Waals surface area contributed by atoms with Gasteiger partial charge in [-0.15, -0.1) is 0 Å². The second-order valence-electron chi connectivity index (χ2n) is 5.91. The summed E-state index contributed by atoms with van der Waals surface area (Å²) >= 11 is 0. The molecule has 0 bridgehead atoms. The fourth-order valence-corrected chi connectivity index (χ4v) is 2.24. The predicted molar refractivity (Wildman–Crippen MR) is 71.3 cm³/mol. The molecule has 0 spiro atoms. The van der Waals surface area contributed by atoms with E-state index in [1.165, 1.54) is 0 Å². The van der Waals surface area contributed by atoms with Crippen LogP contribution in [0.25, 0.3) is 0 Å². The van der Waals surface area contributed by atoms with Crippen LogP contribution in [0.3, 0.4) is 0 Å². The van der Waals surface area contributed by atoms with Gasteiger partial charge in [-0.1, -0.05) is 20.8 Å². The zero-order chi connectivity index (χ0) is 12.7. The van der Waals surface area contributed by atoms with E-state index >= 15 is 0 Å². The summed E-state index contributed by atoms with van der Waals surface area (Å²) in [5, 5.41) is 3.70. The number of methoxy groups -OCH3 is 1. The van der Waals surface area contributed by atoms with Crippen LogP contribution in [0.1, 0.15) is 46.5 Å². The van der Waals surface area contributed by atoms with E-state index in [0.717, 1.165) is 45.4 Å². The largest absolute Gasteiger partial charge is 0.385 e. The molecule has 0 radical (unpaired) electrons. The van der Waals surface area contributed by atoms with Crippen LogP contribution in [0.5, 0.6) is 0 Å². The third kappa shape index (κ3) is 5.84. The smallest absolute Gasteiger partial charge is 0.0587 e. The van der Waals surface area contributed by atoms with E-state index in [1.54, 1.807) is 7.11 Å². The lowest BCUT2D eigenvalue weighted by Gasteiger charge is -2.33. The van der Waals surface area contributed by atoms with E-state index in [4.69, 9.17) is 9.47 Å². The number of hydrogen-bond donors (Lipinski definition) is 1. The van der Waals surface area contributed by atoms with Gasteiger partial charge in [0.15, 0.2) is 0 Å². The van der Waals surface area contributed by atoms with Crippen molar-refractivity contribution in [3.63, 3.8) is 0 Å². The molecular formula is C14H29NO2. The van der Waals surface area contributed by atoms with Crippen LogP contribution in [0.15, 0.2) is 0 Å². The monoisotopic (exact) mass is 243 g/mol. The molecule has 0 aromatic heterocycles. The van der Waals surface area contributed by atoms with Gasteiger partial charge in [0.05, 0.1) is 6.10 Å². The van der Waals surface area contributed by atoms with Crippen LogP contribution in [0.2, 0.25) is 0 Å². The summed E-state index contributed by atoms with van der Waals surface area (Å²) in [5.41, 5.74) is 0.316. The highest BCUT2D eigenvalue weighted by atomic mass is 16.5. The minimum Gasteiger partial charge on any atom is -0.385 e. The van der Waals surface area contributed by atoms with Crippen LogP contribution < -0.4 is 5.32 Å². The van der Waals surface area contributed by atoms with Crippen LogP contribution in [0.4, 0.5) is 0 Å². The molecule has 2 atom stereocenters. The molecule has 17 heavy (non-hydrogen) atoms. The molecule has 0 aliphatic carbocycles. The lowest BCUT2D eigenvalue weighted by Crippen LogP contribution is -2.43. The maximum absolute atomic E-state index is 5.69. The first kappa shape index (κ1) is 14.9. The molecule has 3 nitrogen and oxygen atoms in total. The molecule has 2 unspecified atom stereocenters. The molecule has 1 aliphatic rings. The Balaban J connectivity index is 2.24. The zero-order valence-electron chi connectivity index (χ0n) is 11.9. The molecule has 0 saturated carbocycles. The fourth-order valence-electron chi connectivity index (χ4n) is 2.24. The van der Waals surface area contributed by atoms with Gasteiger partial charge in [-0.25, -0.2) is 0 Å². The molecule has 0 aromatic carbocycles. The van der Waals surface area contributed by atoms with Crippen molar-refractivity contribution < 1.29 is 9.47 Å². The summed E-state index contributed by atoms with van der Waals surface area (Å²) in [7, 11) is 1.77. The molecule has 3 heteroatoms. The van der Waals surface area contributed by atoms with E-state index in [2.05, 4.69) is 26.1 Å². The van der Waals surface area contributed by atoms with Crippen molar-refractivity contribution in [2.45, 2.75) is 58.6 Å². The van der Waals surface area contributed by atoms with Crippen molar-refractivity contribution in [3.05, 3.63) is 0 Å².